The average molecular weight is 367 g/mol. The number of sulfonamides is 1. The van der Waals surface area contributed by atoms with Gasteiger partial charge in [-0.3, -0.25) is 4.79 Å². The minimum absolute atomic E-state index is 0.0641. The molecule has 0 amide bonds. The third-order valence-electron chi connectivity index (χ3n) is 3.05. The fraction of sp³-hybridized carbons (Fsp3) is 0.417. The van der Waals surface area contributed by atoms with Crippen LogP contribution in [-0.2, 0) is 14.8 Å². The van der Waals surface area contributed by atoms with Gasteiger partial charge in [0.1, 0.15) is 10.7 Å². The smallest absolute Gasteiger partial charge is 0.242 e. The molecule has 0 aliphatic heterocycles. The van der Waals surface area contributed by atoms with Gasteiger partial charge in [0.05, 0.1) is 5.02 Å². The van der Waals surface area contributed by atoms with Crippen LogP contribution in [0.5, 0.6) is 0 Å². The Morgan fingerprint density at radius 2 is 1.89 bits per heavy atom. The number of hydrogen-bond donors (Lipinski definition) is 1. The number of nitrogens with one attached hydrogen (secondary N) is 1. The van der Waals surface area contributed by atoms with Gasteiger partial charge in [-0.15, -0.1) is 0 Å². The maximum absolute atomic E-state index is 12.2. The van der Waals surface area contributed by atoms with Crippen molar-refractivity contribution in [1.82, 2.24) is 4.72 Å². The number of halogens is 2. The third kappa shape index (κ3) is 3.78. The molecule has 0 atom stereocenters. The van der Waals surface area contributed by atoms with Crippen molar-refractivity contribution in [3.8, 4) is 0 Å². The van der Waals surface area contributed by atoms with Gasteiger partial charge in [-0.25, -0.2) is 13.1 Å². The van der Waals surface area contributed by atoms with Crippen LogP contribution in [0.4, 0.5) is 0 Å². The van der Waals surface area contributed by atoms with Crippen molar-refractivity contribution in [2.45, 2.75) is 36.6 Å². The van der Waals surface area contributed by atoms with Crippen molar-refractivity contribution >= 4 is 43.3 Å². The van der Waals surface area contributed by atoms with Gasteiger partial charge in [-0.1, -0.05) is 27.5 Å². The zero-order valence-corrected chi connectivity index (χ0v) is 13.2. The summed E-state index contributed by atoms with van der Waals surface area (Å²) in [6, 6.07) is 4.44. The fourth-order valence-corrected chi connectivity index (χ4v) is 4.38. The highest BCUT2D eigenvalue weighted by Gasteiger charge is 2.25. The molecule has 0 bridgehead atoms. The molecule has 1 aliphatic carbocycles. The summed E-state index contributed by atoms with van der Waals surface area (Å²) in [4.78, 5) is 11.2. The van der Waals surface area contributed by atoms with E-state index in [2.05, 4.69) is 20.7 Å². The van der Waals surface area contributed by atoms with Crippen LogP contribution in [0.3, 0.4) is 0 Å². The highest BCUT2D eigenvalue weighted by molar-refractivity contribution is 9.10. The molecule has 1 N–H and O–H groups in total. The van der Waals surface area contributed by atoms with Gasteiger partial charge in [-0.2, -0.15) is 0 Å². The van der Waals surface area contributed by atoms with E-state index >= 15 is 0 Å². The van der Waals surface area contributed by atoms with Crippen LogP contribution >= 0.6 is 27.5 Å². The minimum Gasteiger partial charge on any atom is -0.300 e. The van der Waals surface area contributed by atoms with Crippen molar-refractivity contribution in [3.63, 3.8) is 0 Å². The van der Waals surface area contributed by atoms with E-state index in [1.807, 2.05) is 0 Å². The summed E-state index contributed by atoms with van der Waals surface area (Å²) in [5.41, 5.74) is 0. The van der Waals surface area contributed by atoms with Gasteiger partial charge in [0.2, 0.25) is 10.0 Å². The Morgan fingerprint density at radius 1 is 1.26 bits per heavy atom. The fourth-order valence-electron chi connectivity index (χ4n) is 2.03. The van der Waals surface area contributed by atoms with Crippen LogP contribution in [-0.4, -0.2) is 20.2 Å². The maximum atomic E-state index is 12.2. The van der Waals surface area contributed by atoms with Crippen LogP contribution in [0.1, 0.15) is 25.7 Å². The van der Waals surface area contributed by atoms with Crippen molar-refractivity contribution < 1.29 is 13.2 Å². The van der Waals surface area contributed by atoms with Gasteiger partial charge in [-0.05, 0) is 31.0 Å². The molecule has 2 rings (SSSR count). The molecule has 1 aromatic carbocycles. The summed E-state index contributed by atoms with van der Waals surface area (Å²) in [6.45, 7) is 0. The highest BCUT2D eigenvalue weighted by Crippen LogP contribution is 2.26. The first-order valence-corrected chi connectivity index (χ1v) is 8.53. The van der Waals surface area contributed by atoms with E-state index < -0.39 is 10.0 Å². The van der Waals surface area contributed by atoms with Gasteiger partial charge in [0, 0.05) is 23.4 Å². The molecule has 0 spiro atoms. The SMILES string of the molecule is O=C1CCC(NS(=O)(=O)c2ccc(Br)cc2Cl)CC1. The molecule has 7 heteroatoms. The third-order valence-corrected chi connectivity index (χ3v) is 5.55. The van der Waals surface area contributed by atoms with Crippen LogP contribution in [0, 0.1) is 0 Å². The Hall–Kier alpha value is -0.430. The molecular weight excluding hydrogens is 354 g/mol. The number of ketones is 1. The molecule has 0 unspecified atom stereocenters. The largest absolute Gasteiger partial charge is 0.300 e. The first kappa shape index (κ1) is 15.0. The summed E-state index contributed by atoms with van der Waals surface area (Å²) >= 11 is 9.18. The molecule has 1 saturated carbocycles. The Bertz CT molecular complexity index is 593. The maximum Gasteiger partial charge on any atom is 0.242 e. The van der Waals surface area contributed by atoms with E-state index in [-0.39, 0.29) is 21.7 Å². The molecule has 1 fully saturated rings. The lowest BCUT2D eigenvalue weighted by Crippen LogP contribution is -2.37. The second kappa shape index (κ2) is 5.91. The summed E-state index contributed by atoms with van der Waals surface area (Å²) in [5, 5.41) is 0.175. The molecule has 1 aliphatic rings. The molecule has 1 aromatic rings. The topological polar surface area (TPSA) is 63.2 Å². The first-order chi connectivity index (χ1) is 8.88. The summed E-state index contributed by atoms with van der Waals surface area (Å²) < 4.78 is 27.8. The number of benzene rings is 1. The van der Waals surface area contributed by atoms with E-state index in [1.165, 1.54) is 6.07 Å². The number of carbonyl (C=O) groups is 1. The number of carbonyl (C=O) groups excluding carboxylic acids is 1. The zero-order valence-electron chi connectivity index (χ0n) is 10.0. The van der Waals surface area contributed by atoms with Gasteiger partial charge in [0.25, 0.3) is 0 Å². The molecular formula is C12H13BrClNO3S. The van der Waals surface area contributed by atoms with E-state index in [0.29, 0.717) is 25.7 Å². The normalized spacial score (nSPS) is 17.7. The molecule has 0 aromatic heterocycles. The number of rotatable bonds is 3. The highest BCUT2D eigenvalue weighted by atomic mass is 79.9. The van der Waals surface area contributed by atoms with Crippen LogP contribution in [0.2, 0.25) is 5.02 Å². The van der Waals surface area contributed by atoms with E-state index in [4.69, 9.17) is 11.6 Å². The summed E-state index contributed by atoms with van der Waals surface area (Å²) in [5.74, 6) is 0.192. The Morgan fingerprint density at radius 3 is 2.47 bits per heavy atom. The molecule has 4 nitrogen and oxygen atoms in total. The summed E-state index contributed by atoms with van der Waals surface area (Å²) in [6.07, 6.45) is 1.96. The second-order valence-corrected chi connectivity index (χ2v) is 7.51. The lowest BCUT2D eigenvalue weighted by Gasteiger charge is -2.22. The van der Waals surface area contributed by atoms with Crippen molar-refractivity contribution in [1.29, 1.82) is 0 Å². The predicted molar refractivity (Wildman–Crippen MR) is 76.7 cm³/mol. The lowest BCUT2D eigenvalue weighted by atomic mass is 9.95. The van der Waals surface area contributed by atoms with Crippen molar-refractivity contribution in [2.75, 3.05) is 0 Å². The minimum atomic E-state index is -3.64. The molecule has 104 valence electrons. The van der Waals surface area contributed by atoms with Crippen molar-refractivity contribution in [3.05, 3.63) is 27.7 Å². The van der Waals surface area contributed by atoms with Crippen LogP contribution < -0.4 is 4.72 Å². The second-order valence-electron chi connectivity index (χ2n) is 4.51. The number of Topliss-reactive ketones (excluding diaryl/α,β-unsaturated/α-hetero) is 1. The Balaban J connectivity index is 2.16. The zero-order chi connectivity index (χ0) is 14.0. The average Bonchev–Trinajstić information content (AvgIpc) is 2.31. The number of hydrogen-bond acceptors (Lipinski definition) is 3. The lowest BCUT2D eigenvalue weighted by molar-refractivity contribution is -0.120. The first-order valence-electron chi connectivity index (χ1n) is 5.87. The van der Waals surface area contributed by atoms with Gasteiger partial charge >= 0.3 is 0 Å². The molecule has 0 radical (unpaired) electrons. The standard InChI is InChI=1S/C12H13BrClNO3S/c13-8-1-6-12(11(14)7-8)19(17,18)15-9-2-4-10(16)5-3-9/h1,6-7,9,15H,2-5H2. The van der Waals surface area contributed by atoms with Crippen LogP contribution in [0.25, 0.3) is 0 Å². The van der Waals surface area contributed by atoms with Gasteiger partial charge in [0.15, 0.2) is 0 Å². The van der Waals surface area contributed by atoms with Crippen LogP contribution in [0.15, 0.2) is 27.6 Å². The van der Waals surface area contributed by atoms with Gasteiger partial charge < -0.3 is 0 Å². The predicted octanol–water partition coefficient (Wildman–Crippen LogP) is 2.89. The monoisotopic (exact) mass is 365 g/mol. The van der Waals surface area contributed by atoms with E-state index in [1.54, 1.807) is 12.1 Å². The molecule has 0 saturated heterocycles. The molecule has 19 heavy (non-hydrogen) atoms. The Labute approximate surface area is 125 Å². The Kier molecular flexibility index (Phi) is 4.66. The van der Waals surface area contributed by atoms with E-state index in [0.717, 1.165) is 4.47 Å². The summed E-state index contributed by atoms with van der Waals surface area (Å²) in [7, 11) is -3.64. The van der Waals surface area contributed by atoms with Crippen molar-refractivity contribution in [2.24, 2.45) is 0 Å². The molecule has 0 heterocycles. The van der Waals surface area contributed by atoms with E-state index in [9.17, 15) is 13.2 Å². The quantitative estimate of drug-likeness (QED) is 0.894.